The van der Waals surface area contributed by atoms with Crippen LogP contribution < -0.4 is 26.0 Å². The van der Waals surface area contributed by atoms with E-state index in [0.29, 0.717) is 34.6 Å². The second-order valence-corrected chi connectivity index (χ2v) is 12.9. The van der Waals surface area contributed by atoms with Crippen molar-refractivity contribution in [2.45, 2.75) is 55.9 Å². The summed E-state index contributed by atoms with van der Waals surface area (Å²) in [5.74, 6) is -0.782. The zero-order valence-electron chi connectivity index (χ0n) is 25.9. The van der Waals surface area contributed by atoms with E-state index >= 15 is 0 Å². The van der Waals surface area contributed by atoms with Gasteiger partial charge in [-0.05, 0) is 48.6 Å². The molecule has 250 valence electrons. The normalized spacial score (nSPS) is 19.9. The predicted molar refractivity (Wildman–Crippen MR) is 174 cm³/mol. The lowest BCUT2D eigenvalue weighted by molar-refractivity contribution is -0.172. The summed E-state index contributed by atoms with van der Waals surface area (Å²) in [7, 11) is 0. The summed E-state index contributed by atoms with van der Waals surface area (Å²) in [5, 5.41) is 13.9. The number of unbranched alkanes of at least 4 members (excludes halogenated alkanes) is 1. The second-order valence-electron chi connectivity index (χ2n) is 11.6. The Morgan fingerprint density at radius 1 is 0.938 bits per heavy atom. The molecular weight excluding hydrogens is 640 g/mol. The number of aromatic nitrogens is 1. The van der Waals surface area contributed by atoms with E-state index in [2.05, 4.69) is 26.3 Å². The number of pyridine rings is 1. The molecule has 3 aromatic rings. The number of hydroxylamine groups is 2. The summed E-state index contributed by atoms with van der Waals surface area (Å²) in [4.78, 5) is 81.4. The average molecular weight is 675 g/mol. The number of hydrogen-bond donors (Lipinski definition) is 4. The van der Waals surface area contributed by atoms with Crippen molar-refractivity contribution in [3.63, 3.8) is 0 Å². The van der Waals surface area contributed by atoms with Gasteiger partial charge in [-0.15, -0.1) is 5.06 Å². The molecule has 4 heterocycles. The first-order chi connectivity index (χ1) is 23.2. The van der Waals surface area contributed by atoms with Gasteiger partial charge in [0.1, 0.15) is 5.75 Å². The first-order valence-corrected chi connectivity index (χ1v) is 16.8. The minimum absolute atomic E-state index is 0.000623. The third-order valence-electron chi connectivity index (χ3n) is 8.28. The minimum atomic E-state index is -0.890. The molecule has 0 unspecified atom stereocenters. The molecular formula is C33H34N6O8S. The van der Waals surface area contributed by atoms with Crippen LogP contribution in [-0.2, 0) is 19.2 Å². The lowest BCUT2D eigenvalue weighted by Crippen LogP contribution is -2.36. The number of fused-ring (bicyclic) bond motifs is 2. The molecule has 1 aromatic heterocycles. The van der Waals surface area contributed by atoms with E-state index in [1.807, 2.05) is 17.8 Å². The molecule has 15 heteroatoms. The summed E-state index contributed by atoms with van der Waals surface area (Å²) < 4.78 is 5.94. The second kappa shape index (κ2) is 14.7. The number of nitrogens with one attached hydrogen (secondary N) is 4. The highest BCUT2D eigenvalue weighted by molar-refractivity contribution is 8.00. The van der Waals surface area contributed by atoms with Gasteiger partial charge in [0.15, 0.2) is 0 Å². The number of hydrogen-bond acceptors (Lipinski definition) is 10. The standard InChI is InChI=1S/C33H34N6O8S/c40-26(7-2-1-6-25-30-23(18-48-25)37-33(45)38-30)34-14-15-35-31(43)20-8-10-22-19(16-20)4-3-5-24(22)46-27-11-9-21(17-36-27)32(44)47-39-28(41)12-13-29(39)42/h3-5,8-11,16-17,23,25,30H,1-2,6-7,12-15,18H2,(H,34,40)(H,35,43)(H2,37,38,45)/t23-,25-,30-/m0/s1. The molecule has 6 rings (SSSR count). The van der Waals surface area contributed by atoms with Crippen LogP contribution in [-0.4, -0.2) is 81.9 Å². The predicted octanol–water partition coefficient (Wildman–Crippen LogP) is 2.82. The maximum atomic E-state index is 12.8. The molecule has 3 aliphatic heterocycles. The quantitative estimate of drug-likeness (QED) is 0.119. The van der Waals surface area contributed by atoms with Crippen LogP contribution >= 0.6 is 11.8 Å². The molecule has 4 N–H and O–H groups in total. The van der Waals surface area contributed by atoms with Crippen LogP contribution in [0.2, 0.25) is 0 Å². The first-order valence-electron chi connectivity index (χ1n) is 15.7. The molecule has 0 spiro atoms. The molecule has 2 aromatic carbocycles. The highest BCUT2D eigenvalue weighted by Gasteiger charge is 2.42. The maximum absolute atomic E-state index is 12.8. The lowest BCUT2D eigenvalue weighted by Gasteiger charge is -2.16. The van der Waals surface area contributed by atoms with Crippen molar-refractivity contribution >= 4 is 58.2 Å². The van der Waals surface area contributed by atoms with E-state index in [9.17, 15) is 28.8 Å². The van der Waals surface area contributed by atoms with Crippen LogP contribution in [0.25, 0.3) is 10.8 Å². The Bertz CT molecular complexity index is 1740. The molecule has 3 atom stereocenters. The van der Waals surface area contributed by atoms with Crippen molar-refractivity contribution in [2.24, 2.45) is 0 Å². The Morgan fingerprint density at radius 3 is 2.52 bits per heavy atom. The number of ether oxygens (including phenoxy) is 1. The van der Waals surface area contributed by atoms with Gasteiger partial charge in [-0.25, -0.2) is 14.6 Å². The number of carbonyl (C=O) groups excluding carboxylic acids is 6. The average Bonchev–Trinajstić information content (AvgIpc) is 3.75. The topological polar surface area (TPSA) is 185 Å². The van der Waals surface area contributed by atoms with Gasteiger partial charge in [-0.1, -0.05) is 18.6 Å². The monoisotopic (exact) mass is 674 g/mol. The number of carbonyl (C=O) groups is 6. The first kappa shape index (κ1) is 32.7. The highest BCUT2D eigenvalue weighted by Crippen LogP contribution is 2.33. The Balaban J connectivity index is 0.928. The Hall–Kier alpha value is -5.18. The minimum Gasteiger partial charge on any atom is -0.438 e. The van der Waals surface area contributed by atoms with Gasteiger partial charge in [0.2, 0.25) is 11.8 Å². The van der Waals surface area contributed by atoms with Gasteiger partial charge < -0.3 is 30.8 Å². The van der Waals surface area contributed by atoms with Gasteiger partial charge in [-0.3, -0.25) is 19.2 Å². The van der Waals surface area contributed by atoms with Gasteiger partial charge in [-0.2, -0.15) is 11.8 Å². The zero-order chi connectivity index (χ0) is 33.6. The van der Waals surface area contributed by atoms with E-state index in [-0.39, 0.29) is 60.8 Å². The summed E-state index contributed by atoms with van der Waals surface area (Å²) in [6, 6.07) is 13.7. The molecule has 0 saturated carbocycles. The van der Waals surface area contributed by atoms with Crippen LogP contribution in [0.4, 0.5) is 4.79 Å². The van der Waals surface area contributed by atoms with Crippen molar-refractivity contribution in [2.75, 3.05) is 18.8 Å². The van der Waals surface area contributed by atoms with Crippen molar-refractivity contribution in [1.29, 1.82) is 0 Å². The van der Waals surface area contributed by atoms with Gasteiger partial charge in [0.25, 0.3) is 17.7 Å². The fourth-order valence-corrected chi connectivity index (χ4v) is 7.34. The van der Waals surface area contributed by atoms with E-state index < -0.39 is 17.8 Å². The molecule has 48 heavy (non-hydrogen) atoms. The van der Waals surface area contributed by atoms with Gasteiger partial charge in [0, 0.05) is 66.6 Å². The fourth-order valence-electron chi connectivity index (χ4n) is 5.79. The van der Waals surface area contributed by atoms with E-state index in [1.54, 1.807) is 30.3 Å². The number of imide groups is 1. The maximum Gasteiger partial charge on any atom is 0.365 e. The third-order valence-corrected chi connectivity index (χ3v) is 9.79. The number of thioether (sulfide) groups is 1. The largest absolute Gasteiger partial charge is 0.438 e. The van der Waals surface area contributed by atoms with Gasteiger partial charge >= 0.3 is 12.0 Å². The molecule has 6 amide bonds. The number of benzene rings is 2. The summed E-state index contributed by atoms with van der Waals surface area (Å²) >= 11 is 1.86. The Morgan fingerprint density at radius 2 is 1.73 bits per heavy atom. The van der Waals surface area contributed by atoms with E-state index in [0.717, 1.165) is 35.8 Å². The Labute approximate surface area is 279 Å². The smallest absolute Gasteiger partial charge is 0.365 e. The number of nitrogens with zero attached hydrogens (tertiary/aromatic N) is 2. The van der Waals surface area contributed by atoms with Crippen molar-refractivity contribution in [3.05, 3.63) is 65.9 Å². The number of urea groups is 1. The summed E-state index contributed by atoms with van der Waals surface area (Å²) in [6.07, 6.45) is 4.25. The molecule has 0 radical (unpaired) electrons. The van der Waals surface area contributed by atoms with Crippen LogP contribution in [0.3, 0.4) is 0 Å². The van der Waals surface area contributed by atoms with Crippen LogP contribution in [0, 0.1) is 0 Å². The Kier molecular flexibility index (Phi) is 10.0. The molecule has 3 saturated heterocycles. The zero-order valence-corrected chi connectivity index (χ0v) is 26.7. The van der Waals surface area contributed by atoms with Crippen LogP contribution in [0.1, 0.15) is 59.2 Å². The van der Waals surface area contributed by atoms with Crippen LogP contribution in [0.15, 0.2) is 54.7 Å². The summed E-state index contributed by atoms with van der Waals surface area (Å²) in [6.45, 7) is 0.591. The van der Waals surface area contributed by atoms with E-state index in [1.165, 1.54) is 18.3 Å². The SMILES string of the molecule is O=C(CCCC[C@@H]1SC[C@@H]2NC(=O)N[C@@H]21)NCCNC(=O)c1ccc2c(Oc3ccc(C(=O)ON4C(=O)CCC4=O)cn3)cccc2c1. The van der Waals surface area contributed by atoms with Crippen molar-refractivity contribution < 1.29 is 38.3 Å². The van der Waals surface area contributed by atoms with Crippen molar-refractivity contribution in [1.82, 2.24) is 31.3 Å². The molecule has 0 aliphatic carbocycles. The number of amides is 6. The summed E-state index contributed by atoms with van der Waals surface area (Å²) in [5.41, 5.74) is 0.484. The van der Waals surface area contributed by atoms with Crippen LogP contribution in [0.5, 0.6) is 11.6 Å². The molecule has 3 aliphatic rings. The molecule has 3 fully saturated rings. The molecule has 0 bridgehead atoms. The molecule has 14 nitrogen and oxygen atoms in total. The number of rotatable bonds is 13. The fraction of sp³-hybridized carbons (Fsp3) is 0.364. The van der Waals surface area contributed by atoms with E-state index in [4.69, 9.17) is 9.57 Å². The lowest BCUT2D eigenvalue weighted by atomic mass is 10.0. The van der Waals surface area contributed by atoms with Crippen molar-refractivity contribution in [3.8, 4) is 11.6 Å². The third kappa shape index (κ3) is 7.68. The van der Waals surface area contributed by atoms with Gasteiger partial charge in [0.05, 0.1) is 17.6 Å². The highest BCUT2D eigenvalue weighted by atomic mass is 32.2.